The maximum Gasteiger partial charge on any atom is 0.246 e. The Morgan fingerprint density at radius 2 is 1.75 bits per heavy atom. The van der Waals surface area contributed by atoms with Gasteiger partial charge in [0.1, 0.15) is 16.4 Å². The van der Waals surface area contributed by atoms with E-state index in [0.717, 1.165) is 0 Å². The van der Waals surface area contributed by atoms with E-state index in [1.807, 2.05) is 0 Å². The van der Waals surface area contributed by atoms with Crippen LogP contribution in [0, 0.1) is 0 Å². The van der Waals surface area contributed by atoms with E-state index in [4.69, 9.17) is 19.9 Å². The van der Waals surface area contributed by atoms with Crippen LogP contribution in [0.3, 0.4) is 0 Å². The Kier molecular flexibility index (Phi) is 5.61. The quantitative estimate of drug-likeness (QED) is 0.740. The van der Waals surface area contributed by atoms with Crippen LogP contribution in [-0.4, -0.2) is 54.3 Å². The number of nitrogens with zero attached hydrogens (tertiary/aromatic N) is 1. The normalized spacial score (nSPS) is 11.7. The minimum Gasteiger partial charge on any atom is -0.495 e. The second kappa shape index (κ2) is 6.78. The van der Waals surface area contributed by atoms with E-state index in [0.29, 0.717) is 12.4 Å². The Bertz CT molecular complexity index is 559. The average molecular weight is 304 g/mol. The van der Waals surface area contributed by atoms with Crippen molar-refractivity contribution in [1.29, 1.82) is 0 Å². The van der Waals surface area contributed by atoms with Gasteiger partial charge in [0.15, 0.2) is 0 Å². The van der Waals surface area contributed by atoms with Crippen molar-refractivity contribution in [3.8, 4) is 11.5 Å². The SMILES string of the molecule is COCCN(C)S(=O)(=O)c1cc(N)c(OC)cc1OC. The summed E-state index contributed by atoms with van der Waals surface area (Å²) in [6, 6.07) is 2.78. The van der Waals surface area contributed by atoms with Crippen molar-refractivity contribution in [2.45, 2.75) is 4.90 Å². The zero-order valence-electron chi connectivity index (χ0n) is 12.0. The lowest BCUT2D eigenvalue weighted by Crippen LogP contribution is -2.30. The second-order valence-corrected chi connectivity index (χ2v) is 6.08. The Morgan fingerprint density at radius 3 is 2.25 bits per heavy atom. The largest absolute Gasteiger partial charge is 0.495 e. The molecule has 0 fully saturated rings. The molecule has 7 nitrogen and oxygen atoms in total. The zero-order chi connectivity index (χ0) is 15.3. The summed E-state index contributed by atoms with van der Waals surface area (Å²) in [6.07, 6.45) is 0. The van der Waals surface area contributed by atoms with Gasteiger partial charge >= 0.3 is 0 Å². The lowest BCUT2D eigenvalue weighted by atomic mass is 10.3. The Morgan fingerprint density at radius 1 is 1.15 bits per heavy atom. The number of ether oxygens (including phenoxy) is 3. The first-order valence-corrected chi connectivity index (χ1v) is 7.29. The summed E-state index contributed by atoms with van der Waals surface area (Å²) < 4.78 is 41.1. The smallest absolute Gasteiger partial charge is 0.246 e. The predicted octanol–water partition coefficient (Wildman–Crippen LogP) is 0.553. The molecule has 20 heavy (non-hydrogen) atoms. The standard InChI is InChI=1S/C12H20N2O5S/c1-14(5-6-17-2)20(15,16)12-7-9(13)10(18-3)8-11(12)19-4/h7-8H,5-6,13H2,1-4H3. The van der Waals surface area contributed by atoms with Gasteiger partial charge in [0.25, 0.3) is 0 Å². The number of rotatable bonds is 7. The van der Waals surface area contributed by atoms with E-state index < -0.39 is 10.0 Å². The predicted molar refractivity (Wildman–Crippen MR) is 75.7 cm³/mol. The molecule has 1 aromatic carbocycles. The van der Waals surface area contributed by atoms with E-state index in [2.05, 4.69) is 0 Å². The summed E-state index contributed by atoms with van der Waals surface area (Å²) in [6.45, 7) is 0.525. The molecule has 0 saturated heterocycles. The minimum absolute atomic E-state index is 0.00287. The molecule has 1 aromatic rings. The van der Waals surface area contributed by atoms with Gasteiger partial charge in [-0.3, -0.25) is 0 Å². The van der Waals surface area contributed by atoms with E-state index in [-0.39, 0.29) is 22.9 Å². The second-order valence-electron chi connectivity index (χ2n) is 4.06. The third kappa shape index (κ3) is 3.33. The summed E-state index contributed by atoms with van der Waals surface area (Å²) in [5.41, 5.74) is 5.99. The van der Waals surface area contributed by atoms with Crippen LogP contribution >= 0.6 is 0 Å². The lowest BCUT2D eigenvalue weighted by molar-refractivity contribution is 0.185. The summed E-state index contributed by atoms with van der Waals surface area (Å²) in [7, 11) is 2.10. The van der Waals surface area contributed by atoms with E-state index in [9.17, 15) is 8.42 Å². The maximum atomic E-state index is 12.5. The summed E-state index contributed by atoms with van der Waals surface area (Å²) in [5, 5.41) is 0. The van der Waals surface area contributed by atoms with Crippen LogP contribution in [0.25, 0.3) is 0 Å². The lowest BCUT2D eigenvalue weighted by Gasteiger charge is -2.19. The summed E-state index contributed by atoms with van der Waals surface area (Å²) in [5.74, 6) is 0.542. The number of likely N-dealkylation sites (N-methyl/N-ethyl adjacent to an activating group) is 1. The molecule has 114 valence electrons. The minimum atomic E-state index is -3.71. The van der Waals surface area contributed by atoms with E-state index in [1.165, 1.54) is 44.8 Å². The fraction of sp³-hybridized carbons (Fsp3) is 0.500. The van der Waals surface area contributed by atoms with Gasteiger partial charge in [-0.05, 0) is 6.07 Å². The van der Waals surface area contributed by atoms with Crippen molar-refractivity contribution >= 4 is 15.7 Å². The van der Waals surface area contributed by atoms with Crippen LogP contribution in [0.1, 0.15) is 0 Å². The zero-order valence-corrected chi connectivity index (χ0v) is 12.9. The van der Waals surface area contributed by atoms with Gasteiger partial charge in [0.05, 0.1) is 26.5 Å². The summed E-state index contributed by atoms with van der Waals surface area (Å²) >= 11 is 0. The number of benzene rings is 1. The molecule has 2 N–H and O–H groups in total. The fourth-order valence-corrected chi connectivity index (χ4v) is 2.93. The van der Waals surface area contributed by atoms with Crippen LogP contribution in [0.2, 0.25) is 0 Å². The molecular formula is C12H20N2O5S. The van der Waals surface area contributed by atoms with Crippen molar-refractivity contribution in [2.24, 2.45) is 0 Å². The molecule has 0 aliphatic carbocycles. The van der Waals surface area contributed by atoms with Crippen molar-refractivity contribution in [1.82, 2.24) is 4.31 Å². The molecule has 0 radical (unpaired) electrons. The molecule has 0 aliphatic heterocycles. The van der Waals surface area contributed by atoms with E-state index in [1.54, 1.807) is 0 Å². The van der Waals surface area contributed by atoms with Gasteiger partial charge in [0.2, 0.25) is 10.0 Å². The highest BCUT2D eigenvalue weighted by Gasteiger charge is 2.26. The molecule has 0 saturated carbocycles. The molecule has 0 atom stereocenters. The molecule has 1 rings (SSSR count). The van der Waals surface area contributed by atoms with Crippen LogP contribution < -0.4 is 15.2 Å². The first-order valence-electron chi connectivity index (χ1n) is 5.85. The highest BCUT2D eigenvalue weighted by Crippen LogP contribution is 2.34. The number of nitrogen functional groups attached to an aromatic ring is 1. The first-order chi connectivity index (χ1) is 9.38. The monoisotopic (exact) mass is 304 g/mol. The van der Waals surface area contributed by atoms with Crippen LogP contribution in [0.4, 0.5) is 5.69 Å². The number of methoxy groups -OCH3 is 3. The van der Waals surface area contributed by atoms with Crippen molar-refractivity contribution < 1.29 is 22.6 Å². The Balaban J connectivity index is 3.27. The topological polar surface area (TPSA) is 91.1 Å². The van der Waals surface area contributed by atoms with Crippen molar-refractivity contribution in [3.05, 3.63) is 12.1 Å². The molecular weight excluding hydrogens is 284 g/mol. The Hall–Kier alpha value is -1.51. The fourth-order valence-electron chi connectivity index (χ4n) is 1.60. The van der Waals surface area contributed by atoms with Gasteiger partial charge in [-0.2, -0.15) is 4.31 Å². The van der Waals surface area contributed by atoms with Crippen molar-refractivity contribution in [3.63, 3.8) is 0 Å². The number of sulfonamides is 1. The average Bonchev–Trinajstić information content (AvgIpc) is 2.44. The van der Waals surface area contributed by atoms with Gasteiger partial charge < -0.3 is 19.9 Å². The molecule has 0 aliphatic rings. The van der Waals surface area contributed by atoms with Crippen molar-refractivity contribution in [2.75, 3.05) is 47.3 Å². The number of hydrogen-bond acceptors (Lipinski definition) is 6. The van der Waals surface area contributed by atoms with E-state index >= 15 is 0 Å². The van der Waals surface area contributed by atoms with Gasteiger partial charge in [-0.25, -0.2) is 8.42 Å². The van der Waals surface area contributed by atoms with Crippen LogP contribution in [-0.2, 0) is 14.8 Å². The number of hydrogen-bond donors (Lipinski definition) is 1. The molecule has 0 bridgehead atoms. The molecule has 0 aromatic heterocycles. The first kappa shape index (κ1) is 16.5. The summed E-state index contributed by atoms with van der Waals surface area (Å²) in [4.78, 5) is -0.00287. The highest BCUT2D eigenvalue weighted by molar-refractivity contribution is 7.89. The number of anilines is 1. The maximum absolute atomic E-state index is 12.5. The highest BCUT2D eigenvalue weighted by atomic mass is 32.2. The third-order valence-electron chi connectivity index (χ3n) is 2.81. The van der Waals surface area contributed by atoms with Gasteiger partial charge in [0, 0.05) is 26.8 Å². The van der Waals surface area contributed by atoms with Gasteiger partial charge in [-0.15, -0.1) is 0 Å². The Labute approximate surface area is 119 Å². The van der Waals surface area contributed by atoms with Crippen LogP contribution in [0.5, 0.6) is 11.5 Å². The molecule has 0 amide bonds. The molecule has 0 spiro atoms. The third-order valence-corrected chi connectivity index (χ3v) is 4.69. The molecule has 0 heterocycles. The molecule has 8 heteroatoms. The van der Waals surface area contributed by atoms with Crippen LogP contribution in [0.15, 0.2) is 17.0 Å². The molecule has 0 unspecified atom stereocenters. The number of nitrogens with two attached hydrogens (primary N) is 1. The van der Waals surface area contributed by atoms with Gasteiger partial charge in [-0.1, -0.05) is 0 Å².